The van der Waals surface area contributed by atoms with Gasteiger partial charge in [0.1, 0.15) is 5.82 Å². The van der Waals surface area contributed by atoms with Gasteiger partial charge in [-0.1, -0.05) is 26.8 Å². The molecule has 1 aliphatic rings. The molecule has 30 heavy (non-hydrogen) atoms. The molecule has 1 amide bonds. The van der Waals surface area contributed by atoms with Gasteiger partial charge in [0.05, 0.1) is 17.7 Å². The summed E-state index contributed by atoms with van der Waals surface area (Å²) in [4.78, 5) is 16.7. The van der Waals surface area contributed by atoms with Gasteiger partial charge in [0.25, 0.3) is 5.91 Å². The van der Waals surface area contributed by atoms with Gasteiger partial charge in [-0.2, -0.15) is 18.2 Å². The van der Waals surface area contributed by atoms with Crippen molar-refractivity contribution in [2.24, 2.45) is 18.0 Å². The zero-order valence-corrected chi connectivity index (χ0v) is 17.4. The van der Waals surface area contributed by atoms with Crippen molar-refractivity contribution in [3.05, 3.63) is 52.4 Å². The Morgan fingerprint density at radius 2 is 1.97 bits per heavy atom. The van der Waals surface area contributed by atoms with Crippen molar-refractivity contribution < 1.29 is 27.1 Å². The number of hydrogen-bond acceptors (Lipinski definition) is 2. The van der Waals surface area contributed by atoms with Crippen molar-refractivity contribution >= 4 is 5.91 Å². The molecule has 1 aromatic carbocycles. The minimum absolute atomic E-state index is 0.228. The predicted molar refractivity (Wildman–Crippen MR) is 102 cm³/mol. The molecule has 2 aromatic rings. The highest BCUT2D eigenvalue weighted by Gasteiger charge is 2.35. The average molecular weight is 427 g/mol. The summed E-state index contributed by atoms with van der Waals surface area (Å²) in [5, 5.41) is 0. The molecule has 1 unspecified atom stereocenters. The summed E-state index contributed by atoms with van der Waals surface area (Å²) in [5.74, 6) is -2.44. The molecule has 1 saturated heterocycles. The number of benzene rings is 1. The summed E-state index contributed by atoms with van der Waals surface area (Å²) in [6.45, 7) is 7.78. The second-order valence-electron chi connectivity index (χ2n) is 8.55. The van der Waals surface area contributed by atoms with E-state index in [2.05, 4.69) is 4.99 Å². The van der Waals surface area contributed by atoms with Gasteiger partial charge in [-0.3, -0.25) is 14.2 Å². The first-order chi connectivity index (χ1) is 13.9. The molecule has 0 saturated carbocycles. The summed E-state index contributed by atoms with van der Waals surface area (Å²) in [5.41, 5.74) is -1.29. The molecule has 0 N–H and O–H groups in total. The van der Waals surface area contributed by atoms with Crippen LogP contribution >= 0.6 is 0 Å². The Morgan fingerprint density at radius 3 is 2.53 bits per heavy atom. The minimum atomic E-state index is -4.89. The lowest BCUT2D eigenvalue weighted by Gasteiger charge is -2.21. The fourth-order valence-electron chi connectivity index (χ4n) is 3.63. The highest BCUT2D eigenvalue weighted by molar-refractivity contribution is 5.95. The fraction of sp³-hybridized carbons (Fsp3) is 0.524. The second kappa shape index (κ2) is 8.02. The Kier molecular flexibility index (Phi) is 5.95. The second-order valence-corrected chi connectivity index (χ2v) is 8.55. The Labute approximate surface area is 172 Å². The number of carbonyl (C=O) groups is 1. The largest absolute Gasteiger partial charge is 0.419 e. The molecule has 0 bridgehead atoms. The Hall–Kier alpha value is -2.42. The Bertz CT molecular complexity index is 1010. The third-order valence-corrected chi connectivity index (χ3v) is 5.22. The number of aromatic nitrogens is 2. The number of nitrogens with zero attached hydrogens (tertiary/aromatic N) is 3. The SMILES string of the molecule is Cn1c(C(C)(C)C)c/c(=N/C(=O)c2cccc(C(F)(F)F)c2F)n1CC1CCOC1. The summed E-state index contributed by atoms with van der Waals surface area (Å²) >= 11 is 0. The van der Waals surface area contributed by atoms with Crippen LogP contribution in [0.3, 0.4) is 0 Å². The molecule has 164 valence electrons. The maximum absolute atomic E-state index is 14.4. The van der Waals surface area contributed by atoms with E-state index in [0.717, 1.165) is 24.2 Å². The number of ether oxygens (including phenoxy) is 1. The minimum Gasteiger partial charge on any atom is -0.381 e. The van der Waals surface area contributed by atoms with Crippen molar-refractivity contribution in [1.82, 2.24) is 9.36 Å². The van der Waals surface area contributed by atoms with Gasteiger partial charge >= 0.3 is 6.18 Å². The molecular weight excluding hydrogens is 402 g/mol. The van der Waals surface area contributed by atoms with Gasteiger partial charge < -0.3 is 4.74 Å². The highest BCUT2D eigenvalue weighted by Crippen LogP contribution is 2.32. The van der Waals surface area contributed by atoms with Crippen LogP contribution in [-0.4, -0.2) is 28.5 Å². The van der Waals surface area contributed by atoms with Gasteiger partial charge in [-0.05, 0) is 18.6 Å². The standard InChI is InChI=1S/C21H25F4N3O2/c1-20(2,3)16-10-17(28(27(16)4)11-13-8-9-30-12-13)26-19(29)14-6-5-7-15(18(14)22)21(23,24)25/h5-7,10,13H,8-9,11-12H2,1-4H3/b26-17-. The third kappa shape index (κ3) is 4.50. The topological polar surface area (TPSA) is 48.5 Å². The van der Waals surface area contributed by atoms with Crippen LogP contribution in [0.5, 0.6) is 0 Å². The highest BCUT2D eigenvalue weighted by atomic mass is 19.4. The van der Waals surface area contributed by atoms with Crippen LogP contribution in [0.15, 0.2) is 29.3 Å². The first-order valence-corrected chi connectivity index (χ1v) is 9.69. The van der Waals surface area contributed by atoms with Crippen molar-refractivity contribution in [3.8, 4) is 0 Å². The van der Waals surface area contributed by atoms with E-state index in [4.69, 9.17) is 4.74 Å². The van der Waals surface area contributed by atoms with E-state index >= 15 is 0 Å². The number of alkyl halides is 3. The quantitative estimate of drug-likeness (QED) is 0.694. The van der Waals surface area contributed by atoms with Gasteiger partial charge in [-0.25, -0.2) is 4.39 Å². The lowest BCUT2D eigenvalue weighted by molar-refractivity contribution is -0.140. The van der Waals surface area contributed by atoms with Gasteiger partial charge in [0, 0.05) is 43.3 Å². The first-order valence-electron chi connectivity index (χ1n) is 9.69. The molecule has 1 atom stereocenters. The number of amides is 1. The Balaban J connectivity index is 2.09. The van der Waals surface area contributed by atoms with Gasteiger partial charge in [0.2, 0.25) is 0 Å². The lowest BCUT2D eigenvalue weighted by atomic mass is 9.92. The Morgan fingerprint density at radius 1 is 1.27 bits per heavy atom. The molecule has 5 nitrogen and oxygen atoms in total. The zero-order chi connectivity index (χ0) is 22.3. The maximum Gasteiger partial charge on any atom is 0.419 e. The van der Waals surface area contributed by atoms with E-state index in [-0.39, 0.29) is 16.8 Å². The number of halogens is 4. The molecule has 0 radical (unpaired) electrons. The van der Waals surface area contributed by atoms with Gasteiger partial charge in [0.15, 0.2) is 5.49 Å². The lowest BCUT2D eigenvalue weighted by Crippen LogP contribution is -2.29. The average Bonchev–Trinajstić information content (AvgIpc) is 3.24. The van der Waals surface area contributed by atoms with Crippen LogP contribution < -0.4 is 5.49 Å². The van der Waals surface area contributed by atoms with Gasteiger partial charge in [-0.15, -0.1) is 0 Å². The molecule has 1 fully saturated rings. The van der Waals surface area contributed by atoms with Crippen LogP contribution in [0.25, 0.3) is 0 Å². The number of hydrogen-bond donors (Lipinski definition) is 0. The smallest absolute Gasteiger partial charge is 0.381 e. The van der Waals surface area contributed by atoms with Crippen LogP contribution in [-0.2, 0) is 29.9 Å². The van der Waals surface area contributed by atoms with E-state index in [1.807, 2.05) is 32.5 Å². The molecule has 1 aromatic heterocycles. The van der Waals surface area contributed by atoms with E-state index in [9.17, 15) is 22.4 Å². The molecular formula is C21H25F4N3O2. The van der Waals surface area contributed by atoms with E-state index in [1.54, 1.807) is 10.7 Å². The molecule has 0 spiro atoms. The third-order valence-electron chi connectivity index (χ3n) is 5.22. The van der Waals surface area contributed by atoms with Crippen LogP contribution in [0.4, 0.5) is 17.6 Å². The maximum atomic E-state index is 14.4. The molecule has 0 aliphatic carbocycles. The monoisotopic (exact) mass is 427 g/mol. The van der Waals surface area contributed by atoms with E-state index in [1.165, 1.54) is 0 Å². The van der Waals surface area contributed by atoms with Crippen molar-refractivity contribution in [3.63, 3.8) is 0 Å². The van der Waals surface area contributed by atoms with Crippen molar-refractivity contribution in [2.45, 2.75) is 45.3 Å². The fourth-order valence-corrected chi connectivity index (χ4v) is 3.63. The summed E-state index contributed by atoms with van der Waals surface area (Å²) in [6, 6.07) is 4.34. The summed E-state index contributed by atoms with van der Waals surface area (Å²) in [6.07, 6.45) is -4.03. The summed E-state index contributed by atoms with van der Waals surface area (Å²) < 4.78 is 62.5. The molecule has 1 aliphatic heterocycles. The molecule has 9 heteroatoms. The molecule has 2 heterocycles. The van der Waals surface area contributed by atoms with Crippen LogP contribution in [0, 0.1) is 11.7 Å². The van der Waals surface area contributed by atoms with Crippen LogP contribution in [0.2, 0.25) is 0 Å². The number of rotatable bonds is 3. The molecule has 3 rings (SSSR count). The number of carbonyl (C=O) groups excluding carboxylic acids is 1. The first kappa shape index (κ1) is 22.3. The zero-order valence-electron chi connectivity index (χ0n) is 17.4. The van der Waals surface area contributed by atoms with Crippen molar-refractivity contribution in [1.29, 1.82) is 0 Å². The predicted octanol–water partition coefficient (Wildman–Crippen LogP) is 4.06. The van der Waals surface area contributed by atoms with E-state index in [0.29, 0.717) is 25.8 Å². The van der Waals surface area contributed by atoms with E-state index < -0.39 is 29.0 Å². The normalized spacial score (nSPS) is 18.3. The summed E-state index contributed by atoms with van der Waals surface area (Å²) in [7, 11) is 1.84. The van der Waals surface area contributed by atoms with Crippen molar-refractivity contribution in [2.75, 3.05) is 13.2 Å². The van der Waals surface area contributed by atoms with Crippen LogP contribution in [0.1, 0.15) is 48.8 Å².